The molecule has 2 fully saturated rings. The number of amides is 1. The molecule has 0 aromatic carbocycles. The van der Waals surface area contributed by atoms with Crippen LogP contribution in [0.25, 0.3) is 0 Å². The Morgan fingerprint density at radius 2 is 2.35 bits per heavy atom. The van der Waals surface area contributed by atoms with Crippen molar-refractivity contribution in [2.45, 2.75) is 51.0 Å². The van der Waals surface area contributed by atoms with Crippen LogP contribution in [0.3, 0.4) is 0 Å². The lowest BCUT2D eigenvalue weighted by atomic mass is 9.65. The van der Waals surface area contributed by atoms with Crippen LogP contribution in [-0.2, 0) is 20.7 Å². The number of ether oxygens (including phenoxy) is 2. The van der Waals surface area contributed by atoms with Crippen LogP contribution in [0.1, 0.15) is 44.1 Å². The predicted molar refractivity (Wildman–Crippen MR) is 97.6 cm³/mol. The number of carbonyl (C=O) groups excluding carboxylic acids is 1. The fourth-order valence-corrected chi connectivity index (χ4v) is 4.98. The van der Waals surface area contributed by atoms with Crippen molar-refractivity contribution in [3.05, 3.63) is 29.6 Å². The Morgan fingerprint density at radius 1 is 1.38 bits per heavy atom. The van der Waals surface area contributed by atoms with E-state index in [1.54, 1.807) is 0 Å². The number of hydrogen-bond acceptors (Lipinski definition) is 4. The molecule has 2 saturated heterocycles. The standard InChI is InChI=1S/C20H29N3O3/c24-19(4-1-3-16-13-21-22-14-16)23-9-2-8-20(15-26-12-7-18(20)23)17-5-10-25-11-6-17/h5,13-14,18H,1-4,6-12,15H2,(H,21,22)/t18-,20-/m0/s1. The van der Waals surface area contributed by atoms with Gasteiger partial charge in [0.1, 0.15) is 0 Å². The van der Waals surface area contributed by atoms with Gasteiger partial charge in [0.05, 0.1) is 26.0 Å². The molecule has 1 aromatic heterocycles. The fourth-order valence-electron chi connectivity index (χ4n) is 4.98. The largest absolute Gasteiger partial charge is 0.380 e. The molecule has 6 heteroatoms. The quantitative estimate of drug-likeness (QED) is 0.820. The molecule has 0 unspecified atom stereocenters. The van der Waals surface area contributed by atoms with Crippen molar-refractivity contribution in [3.63, 3.8) is 0 Å². The van der Waals surface area contributed by atoms with E-state index >= 15 is 0 Å². The Kier molecular flexibility index (Phi) is 5.41. The zero-order valence-corrected chi connectivity index (χ0v) is 15.4. The van der Waals surface area contributed by atoms with Crippen LogP contribution >= 0.6 is 0 Å². The second kappa shape index (κ2) is 7.92. The monoisotopic (exact) mass is 359 g/mol. The van der Waals surface area contributed by atoms with Crippen LogP contribution in [-0.4, -0.2) is 60.0 Å². The Hall–Kier alpha value is -1.66. The van der Waals surface area contributed by atoms with Crippen LogP contribution in [0, 0.1) is 5.41 Å². The first kappa shape index (κ1) is 17.7. The van der Waals surface area contributed by atoms with E-state index in [2.05, 4.69) is 21.2 Å². The van der Waals surface area contributed by atoms with Gasteiger partial charge in [-0.15, -0.1) is 0 Å². The number of hydrogen-bond donors (Lipinski definition) is 1. The number of rotatable bonds is 5. The Morgan fingerprint density at radius 3 is 3.15 bits per heavy atom. The van der Waals surface area contributed by atoms with Crippen molar-refractivity contribution in [1.82, 2.24) is 15.1 Å². The normalized spacial score (nSPS) is 29.2. The summed E-state index contributed by atoms with van der Waals surface area (Å²) in [7, 11) is 0. The molecule has 2 atom stereocenters. The lowest BCUT2D eigenvalue weighted by molar-refractivity contribution is -0.147. The average Bonchev–Trinajstić information content (AvgIpc) is 3.21. The van der Waals surface area contributed by atoms with Crippen LogP contribution in [0.4, 0.5) is 0 Å². The van der Waals surface area contributed by atoms with Crippen molar-refractivity contribution < 1.29 is 14.3 Å². The number of fused-ring (bicyclic) bond motifs is 1. The first-order valence-electron chi connectivity index (χ1n) is 9.92. The van der Waals surface area contributed by atoms with E-state index in [9.17, 15) is 4.79 Å². The molecular weight excluding hydrogens is 330 g/mol. The Bertz CT molecular complexity index is 639. The molecule has 0 radical (unpaired) electrons. The molecule has 3 aliphatic rings. The fraction of sp³-hybridized carbons (Fsp3) is 0.700. The zero-order valence-electron chi connectivity index (χ0n) is 15.4. The zero-order chi connectivity index (χ0) is 17.8. The third-order valence-electron chi connectivity index (χ3n) is 6.27. The number of nitrogens with zero attached hydrogens (tertiary/aromatic N) is 2. The SMILES string of the molecule is O=C(CCCc1cn[nH]c1)N1CCC[C@@]2(C3=CCOCC3)COCC[C@H]12. The van der Waals surface area contributed by atoms with Crippen molar-refractivity contribution >= 4 is 5.91 Å². The van der Waals surface area contributed by atoms with Gasteiger partial charge in [0.25, 0.3) is 0 Å². The van der Waals surface area contributed by atoms with Gasteiger partial charge < -0.3 is 14.4 Å². The minimum atomic E-state index is 0.0144. The first-order chi connectivity index (χ1) is 12.8. The van der Waals surface area contributed by atoms with Crippen LogP contribution in [0.5, 0.6) is 0 Å². The highest BCUT2D eigenvalue weighted by Crippen LogP contribution is 2.48. The maximum Gasteiger partial charge on any atom is 0.222 e. The van der Waals surface area contributed by atoms with Gasteiger partial charge in [-0.25, -0.2) is 0 Å². The minimum absolute atomic E-state index is 0.0144. The lowest BCUT2D eigenvalue weighted by Crippen LogP contribution is -2.59. The van der Waals surface area contributed by atoms with Gasteiger partial charge in [0, 0.05) is 37.2 Å². The van der Waals surface area contributed by atoms with E-state index in [0.717, 1.165) is 64.9 Å². The molecule has 0 bridgehead atoms. The minimum Gasteiger partial charge on any atom is -0.380 e. The summed E-state index contributed by atoms with van der Waals surface area (Å²) in [5.74, 6) is 0.303. The van der Waals surface area contributed by atoms with E-state index in [0.29, 0.717) is 18.9 Å². The molecule has 1 aromatic rings. The van der Waals surface area contributed by atoms with Gasteiger partial charge in [-0.3, -0.25) is 9.89 Å². The molecule has 142 valence electrons. The summed E-state index contributed by atoms with van der Waals surface area (Å²) in [5.41, 5.74) is 2.65. The molecule has 4 heterocycles. The van der Waals surface area contributed by atoms with E-state index in [1.165, 1.54) is 11.1 Å². The van der Waals surface area contributed by atoms with Gasteiger partial charge in [-0.2, -0.15) is 5.10 Å². The molecule has 0 spiro atoms. The number of likely N-dealkylation sites (tertiary alicyclic amines) is 1. The van der Waals surface area contributed by atoms with E-state index in [4.69, 9.17) is 9.47 Å². The molecular formula is C20H29N3O3. The molecule has 26 heavy (non-hydrogen) atoms. The smallest absolute Gasteiger partial charge is 0.222 e. The number of aromatic nitrogens is 2. The molecule has 1 amide bonds. The highest BCUT2D eigenvalue weighted by molar-refractivity contribution is 5.77. The first-order valence-corrected chi connectivity index (χ1v) is 9.92. The van der Waals surface area contributed by atoms with Crippen LogP contribution in [0.2, 0.25) is 0 Å². The molecule has 0 saturated carbocycles. The van der Waals surface area contributed by atoms with Gasteiger partial charge in [0.2, 0.25) is 5.91 Å². The molecule has 1 N–H and O–H groups in total. The summed E-state index contributed by atoms with van der Waals surface area (Å²) < 4.78 is 11.4. The Labute approximate surface area is 154 Å². The Balaban J connectivity index is 1.45. The van der Waals surface area contributed by atoms with E-state index in [1.807, 2.05) is 12.4 Å². The molecule has 0 aliphatic carbocycles. The highest BCUT2D eigenvalue weighted by atomic mass is 16.5. The topological polar surface area (TPSA) is 67.5 Å². The number of aryl methyl sites for hydroxylation is 1. The lowest BCUT2D eigenvalue weighted by Gasteiger charge is -2.54. The van der Waals surface area contributed by atoms with Crippen molar-refractivity contribution in [2.24, 2.45) is 5.41 Å². The number of piperidine rings is 1. The van der Waals surface area contributed by atoms with Gasteiger partial charge in [-0.1, -0.05) is 11.6 Å². The predicted octanol–water partition coefficient (Wildman–Crippen LogP) is 2.48. The van der Waals surface area contributed by atoms with Crippen molar-refractivity contribution in [3.8, 4) is 0 Å². The van der Waals surface area contributed by atoms with Crippen LogP contribution < -0.4 is 0 Å². The van der Waals surface area contributed by atoms with Crippen LogP contribution in [0.15, 0.2) is 24.0 Å². The summed E-state index contributed by atoms with van der Waals surface area (Å²) in [6.07, 6.45) is 12.5. The van der Waals surface area contributed by atoms with E-state index < -0.39 is 0 Å². The number of H-pyrrole nitrogens is 1. The van der Waals surface area contributed by atoms with Crippen molar-refractivity contribution in [1.29, 1.82) is 0 Å². The summed E-state index contributed by atoms with van der Waals surface area (Å²) in [5, 5.41) is 6.81. The summed E-state index contributed by atoms with van der Waals surface area (Å²) >= 11 is 0. The average molecular weight is 359 g/mol. The number of nitrogens with one attached hydrogen (secondary N) is 1. The third kappa shape index (κ3) is 3.45. The molecule has 4 rings (SSSR count). The second-order valence-corrected chi connectivity index (χ2v) is 7.72. The highest BCUT2D eigenvalue weighted by Gasteiger charge is 2.50. The number of aromatic amines is 1. The van der Waals surface area contributed by atoms with Gasteiger partial charge >= 0.3 is 0 Å². The summed E-state index contributed by atoms with van der Waals surface area (Å²) in [6, 6.07) is 0.288. The van der Waals surface area contributed by atoms with Gasteiger partial charge in [-0.05, 0) is 44.1 Å². The molecule has 3 aliphatic heterocycles. The third-order valence-corrected chi connectivity index (χ3v) is 6.27. The van der Waals surface area contributed by atoms with Gasteiger partial charge in [0.15, 0.2) is 0 Å². The maximum absolute atomic E-state index is 13.0. The summed E-state index contributed by atoms with van der Waals surface area (Å²) in [6.45, 7) is 3.89. The van der Waals surface area contributed by atoms with E-state index in [-0.39, 0.29) is 11.5 Å². The number of carbonyl (C=O) groups is 1. The summed E-state index contributed by atoms with van der Waals surface area (Å²) in [4.78, 5) is 15.2. The molecule has 6 nitrogen and oxygen atoms in total. The maximum atomic E-state index is 13.0. The second-order valence-electron chi connectivity index (χ2n) is 7.72. The van der Waals surface area contributed by atoms with Crippen molar-refractivity contribution in [2.75, 3.05) is 33.0 Å².